The van der Waals surface area contributed by atoms with Gasteiger partial charge in [-0.3, -0.25) is 0 Å². The summed E-state index contributed by atoms with van der Waals surface area (Å²) in [7, 11) is 6.53. The predicted molar refractivity (Wildman–Crippen MR) is 115 cm³/mol. The van der Waals surface area contributed by atoms with Gasteiger partial charge in [0.15, 0.2) is 23.0 Å². The van der Waals surface area contributed by atoms with Gasteiger partial charge in [-0.25, -0.2) is 0 Å². The van der Waals surface area contributed by atoms with Gasteiger partial charge >= 0.3 is 0 Å². The number of methoxy groups -OCH3 is 4. The van der Waals surface area contributed by atoms with Gasteiger partial charge in [-0.1, -0.05) is 6.92 Å². The largest absolute Gasteiger partial charge is 0.493 e. The molecule has 0 spiro atoms. The van der Waals surface area contributed by atoms with Crippen molar-refractivity contribution < 1.29 is 33.2 Å². The van der Waals surface area contributed by atoms with Crippen molar-refractivity contribution in [1.29, 1.82) is 0 Å². The molecule has 0 saturated carbocycles. The van der Waals surface area contributed by atoms with Crippen molar-refractivity contribution in [2.45, 2.75) is 19.3 Å². The van der Waals surface area contributed by atoms with E-state index in [0.29, 0.717) is 35.7 Å². The molecule has 3 atom stereocenters. The first-order valence-corrected chi connectivity index (χ1v) is 10.4. The van der Waals surface area contributed by atoms with E-state index in [1.807, 2.05) is 12.1 Å². The summed E-state index contributed by atoms with van der Waals surface area (Å²) in [4.78, 5) is 0. The number of hydrogen-bond acceptors (Lipinski definition) is 7. The molecule has 2 aliphatic rings. The second-order valence-corrected chi connectivity index (χ2v) is 7.94. The zero-order valence-electron chi connectivity index (χ0n) is 18.7. The highest BCUT2D eigenvalue weighted by Gasteiger charge is 2.37. The number of hydrogen-bond donors (Lipinski definition) is 0. The zero-order chi connectivity index (χ0) is 22.0. The standard InChI is InChI=1S/C24H30O7/c1-14-17(11-29-12-25-2)6-15-7-19-20(31-13-30-19)10-18(15)23(14)16-8-21(26-3)24(28-5)22(9-16)27-4/h7-10,14,17,23H,6,11-13H2,1-5H3/t14-,17-,23+/m0/s1. The van der Waals surface area contributed by atoms with Crippen LogP contribution in [0.4, 0.5) is 0 Å². The smallest absolute Gasteiger partial charge is 0.231 e. The van der Waals surface area contributed by atoms with Crippen LogP contribution in [-0.4, -0.2) is 48.6 Å². The Hall–Kier alpha value is -2.64. The summed E-state index contributed by atoms with van der Waals surface area (Å²) in [5.41, 5.74) is 3.57. The summed E-state index contributed by atoms with van der Waals surface area (Å²) < 4.78 is 38.9. The Kier molecular flexibility index (Phi) is 6.43. The number of benzene rings is 2. The molecule has 7 nitrogen and oxygen atoms in total. The summed E-state index contributed by atoms with van der Waals surface area (Å²) in [6.45, 7) is 3.42. The Bertz CT molecular complexity index is 901. The molecule has 0 saturated heterocycles. The molecule has 7 heteroatoms. The third kappa shape index (κ3) is 4.00. The first-order chi connectivity index (χ1) is 15.1. The van der Waals surface area contributed by atoms with Gasteiger partial charge in [0, 0.05) is 13.0 Å². The van der Waals surface area contributed by atoms with Crippen LogP contribution < -0.4 is 23.7 Å². The Morgan fingerprint density at radius 2 is 1.58 bits per heavy atom. The fourth-order valence-electron chi connectivity index (χ4n) is 4.75. The van der Waals surface area contributed by atoms with E-state index in [1.165, 1.54) is 11.1 Å². The van der Waals surface area contributed by atoms with Gasteiger partial charge in [0.1, 0.15) is 6.79 Å². The highest BCUT2D eigenvalue weighted by molar-refractivity contribution is 5.58. The molecule has 0 radical (unpaired) electrons. The Labute approximate surface area is 183 Å². The maximum atomic E-state index is 5.76. The quantitative estimate of drug-likeness (QED) is 0.463. The molecule has 31 heavy (non-hydrogen) atoms. The van der Waals surface area contributed by atoms with E-state index in [4.69, 9.17) is 33.2 Å². The van der Waals surface area contributed by atoms with Gasteiger partial charge < -0.3 is 33.2 Å². The maximum Gasteiger partial charge on any atom is 0.231 e. The summed E-state index contributed by atoms with van der Waals surface area (Å²) in [6, 6.07) is 8.30. The fraction of sp³-hybridized carbons (Fsp3) is 0.500. The van der Waals surface area contributed by atoms with Crippen LogP contribution in [0.1, 0.15) is 29.5 Å². The lowest BCUT2D eigenvalue weighted by atomic mass is 9.67. The van der Waals surface area contributed by atoms with Gasteiger partial charge in [-0.05, 0) is 59.2 Å². The topological polar surface area (TPSA) is 64.6 Å². The summed E-state index contributed by atoms with van der Waals surface area (Å²) >= 11 is 0. The monoisotopic (exact) mass is 430 g/mol. The minimum atomic E-state index is 0.100. The molecular formula is C24H30O7. The average molecular weight is 430 g/mol. The van der Waals surface area contributed by atoms with Crippen molar-refractivity contribution in [3.63, 3.8) is 0 Å². The van der Waals surface area contributed by atoms with Gasteiger partial charge in [0.2, 0.25) is 12.5 Å². The minimum absolute atomic E-state index is 0.100. The van der Waals surface area contributed by atoms with Crippen molar-refractivity contribution in [3.8, 4) is 28.7 Å². The number of ether oxygens (including phenoxy) is 7. The summed E-state index contributed by atoms with van der Waals surface area (Å²) in [6.07, 6.45) is 0.901. The van der Waals surface area contributed by atoms with Crippen molar-refractivity contribution >= 4 is 0 Å². The Balaban J connectivity index is 1.81. The molecule has 4 rings (SSSR count). The van der Waals surface area contributed by atoms with Crippen molar-refractivity contribution in [3.05, 3.63) is 41.0 Å². The number of rotatable bonds is 8. The minimum Gasteiger partial charge on any atom is -0.493 e. The van der Waals surface area contributed by atoms with Crippen molar-refractivity contribution in [1.82, 2.24) is 0 Å². The van der Waals surface area contributed by atoms with Crippen LogP contribution in [0.3, 0.4) is 0 Å². The highest BCUT2D eigenvalue weighted by atomic mass is 16.7. The molecule has 1 heterocycles. The van der Waals surface area contributed by atoms with Crippen LogP contribution >= 0.6 is 0 Å². The number of fused-ring (bicyclic) bond motifs is 2. The molecule has 0 amide bonds. The van der Waals surface area contributed by atoms with E-state index < -0.39 is 0 Å². The molecule has 1 aliphatic heterocycles. The average Bonchev–Trinajstić information content (AvgIpc) is 3.24. The molecule has 0 aromatic heterocycles. The molecule has 1 aliphatic carbocycles. The van der Waals surface area contributed by atoms with Crippen molar-refractivity contribution in [2.24, 2.45) is 11.8 Å². The summed E-state index contributed by atoms with van der Waals surface area (Å²) in [5, 5.41) is 0. The molecule has 0 fully saturated rings. The fourth-order valence-corrected chi connectivity index (χ4v) is 4.75. The molecule has 0 N–H and O–H groups in total. The maximum absolute atomic E-state index is 5.76. The van der Waals surface area contributed by atoms with Gasteiger partial charge in [0.25, 0.3) is 0 Å². The highest BCUT2D eigenvalue weighted by Crippen LogP contribution is 2.50. The van der Waals surface area contributed by atoms with Gasteiger partial charge in [-0.15, -0.1) is 0 Å². The van der Waals surface area contributed by atoms with E-state index >= 15 is 0 Å². The first-order valence-electron chi connectivity index (χ1n) is 10.4. The molecule has 2 aromatic carbocycles. The molecule has 0 unspecified atom stereocenters. The van der Waals surface area contributed by atoms with E-state index in [-0.39, 0.29) is 19.5 Å². The Morgan fingerprint density at radius 3 is 2.19 bits per heavy atom. The first kappa shape index (κ1) is 21.6. The third-order valence-corrected chi connectivity index (χ3v) is 6.30. The predicted octanol–water partition coefficient (Wildman–Crippen LogP) is 4.00. The molecule has 168 valence electrons. The van der Waals surface area contributed by atoms with Crippen molar-refractivity contribution in [2.75, 3.05) is 48.6 Å². The lowest BCUT2D eigenvalue weighted by molar-refractivity contribution is -0.0510. The second-order valence-electron chi connectivity index (χ2n) is 7.94. The third-order valence-electron chi connectivity index (χ3n) is 6.30. The Morgan fingerprint density at radius 1 is 0.903 bits per heavy atom. The molecule has 0 bridgehead atoms. The second kappa shape index (κ2) is 9.24. The van der Waals surface area contributed by atoms with Crippen LogP contribution in [-0.2, 0) is 15.9 Å². The van der Waals surface area contributed by atoms with Crippen LogP contribution in [0, 0.1) is 11.8 Å². The van der Waals surface area contributed by atoms with E-state index in [1.54, 1.807) is 28.4 Å². The van der Waals surface area contributed by atoms with Crippen LogP contribution in [0.25, 0.3) is 0 Å². The normalized spacial score (nSPS) is 21.5. The SMILES string of the molecule is COCOC[C@@H]1Cc2cc3c(cc2[C@@H](c2cc(OC)c(OC)c(OC)c2)[C@H]1C)OCO3. The summed E-state index contributed by atoms with van der Waals surface area (Å²) in [5.74, 6) is 4.17. The van der Waals surface area contributed by atoms with E-state index in [2.05, 4.69) is 19.1 Å². The van der Waals surface area contributed by atoms with Crippen LogP contribution in [0.2, 0.25) is 0 Å². The molecular weight excluding hydrogens is 400 g/mol. The van der Waals surface area contributed by atoms with E-state index in [9.17, 15) is 0 Å². The van der Waals surface area contributed by atoms with E-state index in [0.717, 1.165) is 23.5 Å². The van der Waals surface area contributed by atoms with Gasteiger partial charge in [-0.2, -0.15) is 0 Å². The lowest BCUT2D eigenvalue weighted by Crippen LogP contribution is -2.32. The van der Waals surface area contributed by atoms with Crippen LogP contribution in [0.15, 0.2) is 24.3 Å². The zero-order valence-corrected chi connectivity index (χ0v) is 18.7. The van der Waals surface area contributed by atoms with Crippen LogP contribution in [0.5, 0.6) is 28.7 Å². The lowest BCUT2D eigenvalue weighted by Gasteiger charge is -2.38. The van der Waals surface area contributed by atoms with Gasteiger partial charge in [0.05, 0.1) is 27.9 Å². The molecule has 2 aromatic rings.